The summed E-state index contributed by atoms with van der Waals surface area (Å²) < 4.78 is 6.07. The molecule has 1 fully saturated rings. The van der Waals surface area contributed by atoms with Gasteiger partial charge in [0.15, 0.2) is 5.96 Å². The van der Waals surface area contributed by atoms with Crippen molar-refractivity contribution >= 4 is 29.9 Å². The van der Waals surface area contributed by atoms with Crippen LogP contribution in [-0.2, 0) is 6.54 Å². The van der Waals surface area contributed by atoms with Crippen molar-refractivity contribution in [1.29, 1.82) is 0 Å². The fraction of sp³-hybridized carbons (Fsp3) is 0.438. The van der Waals surface area contributed by atoms with Crippen LogP contribution in [0.15, 0.2) is 41.9 Å². The van der Waals surface area contributed by atoms with Crippen molar-refractivity contribution in [1.82, 2.24) is 5.32 Å². The van der Waals surface area contributed by atoms with Gasteiger partial charge in [-0.15, -0.1) is 30.6 Å². The average Bonchev–Trinajstić information content (AvgIpc) is 2.97. The zero-order chi connectivity index (χ0) is 14.2. The molecule has 0 aromatic heterocycles. The normalized spacial score (nSPS) is 15.3. The highest BCUT2D eigenvalue weighted by Crippen LogP contribution is 2.26. The second-order valence-electron chi connectivity index (χ2n) is 5.00. The van der Waals surface area contributed by atoms with Gasteiger partial charge in [-0.05, 0) is 31.7 Å². The lowest BCUT2D eigenvalue weighted by atomic mass is 10.2. The van der Waals surface area contributed by atoms with Crippen LogP contribution < -0.4 is 15.8 Å². The molecule has 3 N–H and O–H groups in total. The van der Waals surface area contributed by atoms with Gasteiger partial charge in [0.05, 0.1) is 12.6 Å². The molecule has 21 heavy (non-hydrogen) atoms. The summed E-state index contributed by atoms with van der Waals surface area (Å²) in [6.07, 6.45) is 6.95. The molecule has 4 nitrogen and oxygen atoms in total. The summed E-state index contributed by atoms with van der Waals surface area (Å²) in [5.74, 6) is 1.36. The number of para-hydroxylation sites is 1. The van der Waals surface area contributed by atoms with Crippen LogP contribution in [0.4, 0.5) is 0 Å². The Morgan fingerprint density at radius 3 is 2.81 bits per heavy atom. The smallest absolute Gasteiger partial charge is 0.189 e. The van der Waals surface area contributed by atoms with E-state index in [9.17, 15) is 0 Å². The highest BCUT2D eigenvalue weighted by molar-refractivity contribution is 14.0. The molecule has 0 saturated heterocycles. The summed E-state index contributed by atoms with van der Waals surface area (Å²) in [5.41, 5.74) is 6.84. The van der Waals surface area contributed by atoms with E-state index >= 15 is 0 Å². The maximum atomic E-state index is 6.07. The predicted molar refractivity (Wildman–Crippen MR) is 98.3 cm³/mol. The summed E-state index contributed by atoms with van der Waals surface area (Å²) in [5, 5.41) is 2.96. The van der Waals surface area contributed by atoms with Gasteiger partial charge in [-0.1, -0.05) is 24.3 Å². The van der Waals surface area contributed by atoms with E-state index in [4.69, 9.17) is 10.5 Å². The van der Waals surface area contributed by atoms with Crippen LogP contribution in [0.3, 0.4) is 0 Å². The van der Waals surface area contributed by atoms with Crippen LogP contribution >= 0.6 is 24.0 Å². The maximum absolute atomic E-state index is 6.07. The Kier molecular flexibility index (Phi) is 8.19. The number of ether oxygens (including phenoxy) is 1. The monoisotopic (exact) mass is 401 g/mol. The van der Waals surface area contributed by atoms with Crippen LogP contribution in [0.25, 0.3) is 0 Å². The number of benzene rings is 1. The van der Waals surface area contributed by atoms with Crippen molar-refractivity contribution in [2.24, 2.45) is 10.7 Å². The standard InChI is InChI=1S/C16H23N3O.HI/c1-2-11-18-16(17)19-12-13-7-3-6-10-15(13)20-14-8-4-5-9-14;/h2-3,6-7,10,14H,1,4-5,8-9,11-12H2,(H3,17,18,19);1H. The summed E-state index contributed by atoms with van der Waals surface area (Å²) >= 11 is 0. The first-order chi connectivity index (χ1) is 9.79. The third kappa shape index (κ3) is 5.95. The van der Waals surface area contributed by atoms with Gasteiger partial charge in [-0.3, -0.25) is 0 Å². The second-order valence-corrected chi connectivity index (χ2v) is 5.00. The first-order valence-corrected chi connectivity index (χ1v) is 7.19. The van der Waals surface area contributed by atoms with Gasteiger partial charge >= 0.3 is 0 Å². The van der Waals surface area contributed by atoms with E-state index in [0.29, 0.717) is 25.2 Å². The molecule has 0 radical (unpaired) electrons. The van der Waals surface area contributed by atoms with Crippen molar-refractivity contribution in [3.63, 3.8) is 0 Å². The molecular weight excluding hydrogens is 377 g/mol. The molecular formula is C16H24IN3O. The lowest BCUT2D eigenvalue weighted by Crippen LogP contribution is -2.31. The molecule has 0 atom stereocenters. The number of guanidine groups is 1. The molecule has 2 rings (SSSR count). The Morgan fingerprint density at radius 2 is 2.10 bits per heavy atom. The number of hydrogen-bond acceptors (Lipinski definition) is 2. The molecule has 1 aromatic rings. The third-order valence-electron chi connectivity index (χ3n) is 3.42. The van der Waals surface area contributed by atoms with Crippen molar-refractivity contribution in [2.75, 3.05) is 6.54 Å². The Morgan fingerprint density at radius 1 is 1.38 bits per heavy atom. The molecule has 5 heteroatoms. The number of nitrogens with one attached hydrogen (secondary N) is 1. The predicted octanol–water partition coefficient (Wildman–Crippen LogP) is 3.22. The number of hydrogen-bond donors (Lipinski definition) is 2. The van der Waals surface area contributed by atoms with Gasteiger partial charge in [0.2, 0.25) is 0 Å². The van der Waals surface area contributed by atoms with Gasteiger partial charge in [-0.2, -0.15) is 0 Å². The molecule has 1 aliphatic carbocycles. The molecule has 0 heterocycles. The Hall–Kier alpha value is -1.24. The van der Waals surface area contributed by atoms with E-state index in [1.54, 1.807) is 6.08 Å². The van der Waals surface area contributed by atoms with Crippen molar-refractivity contribution in [2.45, 2.75) is 38.3 Å². The minimum Gasteiger partial charge on any atom is -0.490 e. The van der Waals surface area contributed by atoms with E-state index in [1.165, 1.54) is 12.8 Å². The molecule has 1 saturated carbocycles. The highest BCUT2D eigenvalue weighted by atomic mass is 127. The molecule has 0 aliphatic heterocycles. The van der Waals surface area contributed by atoms with Crippen LogP contribution in [-0.4, -0.2) is 18.6 Å². The molecule has 1 aromatic carbocycles. The van der Waals surface area contributed by atoms with Crippen molar-refractivity contribution in [3.8, 4) is 5.75 Å². The van der Waals surface area contributed by atoms with E-state index in [1.807, 2.05) is 24.3 Å². The largest absolute Gasteiger partial charge is 0.490 e. The maximum Gasteiger partial charge on any atom is 0.189 e. The Balaban J connectivity index is 0.00000220. The molecule has 0 spiro atoms. The first-order valence-electron chi connectivity index (χ1n) is 7.19. The van der Waals surface area contributed by atoms with E-state index in [-0.39, 0.29) is 24.0 Å². The number of aliphatic imine (C=N–C) groups is 1. The topological polar surface area (TPSA) is 59.6 Å². The lowest BCUT2D eigenvalue weighted by molar-refractivity contribution is 0.208. The molecule has 0 unspecified atom stereocenters. The number of rotatable bonds is 6. The SMILES string of the molecule is C=CCNC(N)=NCc1ccccc1OC1CCCC1.I. The van der Waals surface area contributed by atoms with Crippen LogP contribution in [0.2, 0.25) is 0 Å². The molecule has 116 valence electrons. The zero-order valence-electron chi connectivity index (χ0n) is 12.3. The lowest BCUT2D eigenvalue weighted by Gasteiger charge is -2.15. The Labute approximate surface area is 143 Å². The van der Waals surface area contributed by atoms with E-state index < -0.39 is 0 Å². The fourth-order valence-corrected chi connectivity index (χ4v) is 2.34. The molecule has 0 bridgehead atoms. The number of nitrogens with two attached hydrogens (primary N) is 1. The third-order valence-corrected chi connectivity index (χ3v) is 3.42. The number of halogens is 1. The van der Waals surface area contributed by atoms with Gasteiger partial charge in [0.25, 0.3) is 0 Å². The second kappa shape index (κ2) is 9.65. The first kappa shape index (κ1) is 17.8. The van der Waals surface area contributed by atoms with Gasteiger partial charge in [0.1, 0.15) is 5.75 Å². The van der Waals surface area contributed by atoms with E-state index in [2.05, 4.69) is 16.9 Å². The summed E-state index contributed by atoms with van der Waals surface area (Å²) in [4.78, 5) is 4.32. The van der Waals surface area contributed by atoms with Crippen molar-refractivity contribution in [3.05, 3.63) is 42.5 Å². The minimum absolute atomic E-state index is 0. The summed E-state index contributed by atoms with van der Waals surface area (Å²) in [6.45, 7) is 4.78. The zero-order valence-corrected chi connectivity index (χ0v) is 14.6. The minimum atomic E-state index is 0. The van der Waals surface area contributed by atoms with Crippen LogP contribution in [0, 0.1) is 0 Å². The highest BCUT2D eigenvalue weighted by Gasteiger charge is 2.17. The Bertz CT molecular complexity index is 470. The number of nitrogens with zero attached hydrogens (tertiary/aromatic N) is 1. The molecule has 1 aliphatic rings. The van der Waals surface area contributed by atoms with Crippen molar-refractivity contribution < 1.29 is 4.74 Å². The summed E-state index contributed by atoms with van der Waals surface area (Å²) in [7, 11) is 0. The molecule has 0 amide bonds. The van der Waals surface area contributed by atoms with Crippen LogP contribution in [0.5, 0.6) is 5.75 Å². The van der Waals surface area contributed by atoms with Gasteiger partial charge in [-0.25, -0.2) is 4.99 Å². The fourth-order valence-electron chi connectivity index (χ4n) is 2.34. The summed E-state index contributed by atoms with van der Waals surface area (Å²) in [6, 6.07) is 8.04. The van der Waals surface area contributed by atoms with Crippen LogP contribution in [0.1, 0.15) is 31.2 Å². The average molecular weight is 401 g/mol. The quantitative estimate of drug-likeness (QED) is 0.333. The van der Waals surface area contributed by atoms with E-state index in [0.717, 1.165) is 24.2 Å². The van der Waals surface area contributed by atoms with Gasteiger partial charge < -0.3 is 15.8 Å². The van der Waals surface area contributed by atoms with Gasteiger partial charge in [0, 0.05) is 12.1 Å².